The van der Waals surface area contributed by atoms with E-state index in [1.165, 1.54) is 0 Å². The molecule has 1 N–H and O–H groups in total. The number of carbonyl (C=O) groups excluding carboxylic acids is 1. The Kier molecular flexibility index (Phi) is 7.72. The van der Waals surface area contributed by atoms with Gasteiger partial charge in [0.2, 0.25) is 6.10 Å². The quantitative estimate of drug-likeness (QED) is 0.644. The van der Waals surface area contributed by atoms with E-state index in [9.17, 15) is 4.79 Å². The number of hydrogen-bond acceptors (Lipinski definition) is 6. The van der Waals surface area contributed by atoms with E-state index in [4.69, 9.17) is 14.3 Å². The number of carbonyl (C=O) groups is 1. The number of amides is 1. The number of rotatable bonds is 10. The van der Waals surface area contributed by atoms with E-state index in [0.717, 1.165) is 31.6 Å². The largest absolute Gasteiger partial charge is 0.497 e. The number of nitrogens with one attached hydrogen (secondary N) is 1. The lowest BCUT2D eigenvalue weighted by atomic mass is 10.0. The summed E-state index contributed by atoms with van der Waals surface area (Å²) in [5, 5.41) is 7.02. The molecule has 1 aliphatic rings. The molecule has 0 aromatic heterocycles. The van der Waals surface area contributed by atoms with Crippen LogP contribution in [-0.4, -0.2) is 63.0 Å². The molecule has 1 aliphatic heterocycles. The maximum atomic E-state index is 12.3. The van der Waals surface area contributed by atoms with Crippen LogP contribution in [0.5, 0.6) is 11.5 Å². The van der Waals surface area contributed by atoms with E-state index in [-0.39, 0.29) is 5.91 Å². The molecule has 0 saturated heterocycles. The normalized spacial score (nSPS) is 16.2. The van der Waals surface area contributed by atoms with Crippen molar-refractivity contribution < 1.29 is 19.1 Å². The van der Waals surface area contributed by atoms with Gasteiger partial charge in [-0.3, -0.25) is 4.79 Å². The first kappa shape index (κ1) is 20.0. The molecule has 0 aliphatic carbocycles. The Bertz CT molecular complexity index is 629. The highest BCUT2D eigenvalue weighted by Crippen LogP contribution is 2.28. The van der Waals surface area contributed by atoms with Crippen LogP contribution < -0.4 is 14.8 Å². The molecule has 1 heterocycles. The fourth-order valence-electron chi connectivity index (χ4n) is 2.88. The lowest BCUT2D eigenvalue weighted by Crippen LogP contribution is -2.36. The Morgan fingerprint density at radius 3 is 2.73 bits per heavy atom. The minimum atomic E-state index is -0.602. The van der Waals surface area contributed by atoms with Crippen LogP contribution in [0.1, 0.15) is 32.3 Å². The van der Waals surface area contributed by atoms with Gasteiger partial charge in [-0.1, -0.05) is 19.0 Å². The molecular weight excluding hydrogens is 334 g/mol. The van der Waals surface area contributed by atoms with Gasteiger partial charge in [-0.25, -0.2) is 0 Å². The van der Waals surface area contributed by atoms with Gasteiger partial charge in [0.25, 0.3) is 5.91 Å². The minimum absolute atomic E-state index is 0.134. The molecule has 26 heavy (non-hydrogen) atoms. The van der Waals surface area contributed by atoms with E-state index >= 15 is 0 Å². The van der Waals surface area contributed by atoms with Crippen molar-refractivity contribution in [1.29, 1.82) is 0 Å². The van der Waals surface area contributed by atoms with Gasteiger partial charge in [0.1, 0.15) is 11.5 Å². The Morgan fingerprint density at radius 2 is 2.08 bits per heavy atom. The topological polar surface area (TPSA) is 72.4 Å². The SMILES string of the molecule is CCN(CC)CCCNC(=O)[C@@H]1CC(c2cc(OC)ccc2OC)=NO1. The number of methoxy groups -OCH3 is 2. The first-order chi connectivity index (χ1) is 12.6. The molecule has 1 aromatic rings. The van der Waals surface area contributed by atoms with Crippen LogP contribution in [0.15, 0.2) is 23.4 Å². The van der Waals surface area contributed by atoms with Crippen LogP contribution in [0.3, 0.4) is 0 Å². The summed E-state index contributed by atoms with van der Waals surface area (Å²) in [6.45, 7) is 7.93. The number of hydrogen-bond donors (Lipinski definition) is 1. The number of nitrogens with zero attached hydrogens (tertiary/aromatic N) is 2. The molecule has 1 aromatic carbocycles. The average Bonchev–Trinajstić information content (AvgIpc) is 3.17. The summed E-state index contributed by atoms with van der Waals surface area (Å²) >= 11 is 0. The molecule has 0 radical (unpaired) electrons. The molecule has 0 unspecified atom stereocenters. The highest BCUT2D eigenvalue weighted by Gasteiger charge is 2.30. The standard InChI is InChI=1S/C19H29N3O4/c1-5-22(6-2)11-7-10-20-19(23)18-13-16(21-26-18)15-12-14(24-3)8-9-17(15)25-4/h8-9,12,18H,5-7,10-11,13H2,1-4H3,(H,20,23)/t18-/m0/s1. The summed E-state index contributed by atoms with van der Waals surface area (Å²) < 4.78 is 10.6. The van der Waals surface area contributed by atoms with Crippen LogP contribution in [0, 0.1) is 0 Å². The van der Waals surface area contributed by atoms with Crippen LogP contribution in [0.25, 0.3) is 0 Å². The van der Waals surface area contributed by atoms with Gasteiger partial charge in [-0.15, -0.1) is 0 Å². The second-order valence-corrected chi connectivity index (χ2v) is 6.07. The molecule has 2 rings (SSSR count). The summed E-state index contributed by atoms with van der Waals surface area (Å²) in [6, 6.07) is 5.47. The van der Waals surface area contributed by atoms with Gasteiger partial charge in [0, 0.05) is 18.5 Å². The van der Waals surface area contributed by atoms with Gasteiger partial charge in [0.15, 0.2) is 0 Å². The van der Waals surface area contributed by atoms with Crippen molar-refractivity contribution in [3.05, 3.63) is 23.8 Å². The zero-order valence-electron chi connectivity index (χ0n) is 16.1. The molecule has 144 valence electrons. The summed E-state index contributed by atoms with van der Waals surface area (Å²) in [7, 11) is 3.20. The van der Waals surface area contributed by atoms with Crippen molar-refractivity contribution in [2.24, 2.45) is 5.16 Å². The van der Waals surface area contributed by atoms with Gasteiger partial charge in [0.05, 0.1) is 19.9 Å². The first-order valence-electron chi connectivity index (χ1n) is 9.08. The van der Waals surface area contributed by atoms with E-state index in [1.54, 1.807) is 14.2 Å². The van der Waals surface area contributed by atoms with Crippen molar-refractivity contribution in [1.82, 2.24) is 10.2 Å². The number of ether oxygens (including phenoxy) is 2. The summed E-state index contributed by atoms with van der Waals surface area (Å²) in [6.07, 6.45) is 0.720. The van der Waals surface area contributed by atoms with Gasteiger partial charge in [-0.2, -0.15) is 0 Å². The highest BCUT2D eigenvalue weighted by molar-refractivity contribution is 6.06. The van der Waals surface area contributed by atoms with Crippen molar-refractivity contribution in [2.45, 2.75) is 32.8 Å². The predicted molar refractivity (Wildman–Crippen MR) is 101 cm³/mol. The fourth-order valence-corrected chi connectivity index (χ4v) is 2.88. The molecule has 0 fully saturated rings. The molecule has 1 atom stereocenters. The maximum Gasteiger partial charge on any atom is 0.264 e. The fraction of sp³-hybridized carbons (Fsp3) is 0.579. The smallest absolute Gasteiger partial charge is 0.264 e. The molecule has 0 saturated carbocycles. The molecule has 7 heteroatoms. The second-order valence-electron chi connectivity index (χ2n) is 6.07. The van der Waals surface area contributed by atoms with Gasteiger partial charge >= 0.3 is 0 Å². The maximum absolute atomic E-state index is 12.3. The molecule has 7 nitrogen and oxygen atoms in total. The van der Waals surface area contributed by atoms with Crippen LogP contribution in [-0.2, 0) is 9.63 Å². The third kappa shape index (κ3) is 5.11. The predicted octanol–water partition coefficient (Wildman–Crippen LogP) is 2.04. The van der Waals surface area contributed by atoms with Crippen LogP contribution in [0.2, 0.25) is 0 Å². The Morgan fingerprint density at radius 1 is 1.31 bits per heavy atom. The van der Waals surface area contributed by atoms with Crippen LogP contribution >= 0.6 is 0 Å². The Balaban J connectivity index is 1.86. The number of oxime groups is 1. The summed E-state index contributed by atoms with van der Waals surface area (Å²) in [5.41, 5.74) is 1.47. The average molecular weight is 363 g/mol. The molecule has 0 bridgehead atoms. The van der Waals surface area contributed by atoms with Gasteiger partial charge in [-0.05, 0) is 44.3 Å². The first-order valence-corrected chi connectivity index (χ1v) is 9.08. The molecule has 0 spiro atoms. The number of benzene rings is 1. The van der Waals surface area contributed by atoms with E-state index < -0.39 is 6.10 Å². The summed E-state index contributed by atoms with van der Waals surface area (Å²) in [5.74, 6) is 1.24. The van der Waals surface area contributed by atoms with Gasteiger partial charge < -0.3 is 24.5 Å². The van der Waals surface area contributed by atoms with E-state index in [0.29, 0.717) is 30.2 Å². The van der Waals surface area contributed by atoms with Crippen molar-refractivity contribution in [3.8, 4) is 11.5 Å². The third-order valence-corrected chi connectivity index (χ3v) is 4.52. The summed E-state index contributed by atoms with van der Waals surface area (Å²) in [4.78, 5) is 20.0. The highest BCUT2D eigenvalue weighted by atomic mass is 16.6. The third-order valence-electron chi connectivity index (χ3n) is 4.52. The molecule has 1 amide bonds. The monoisotopic (exact) mass is 363 g/mol. The lowest BCUT2D eigenvalue weighted by Gasteiger charge is -2.18. The van der Waals surface area contributed by atoms with Crippen LogP contribution in [0.4, 0.5) is 0 Å². The van der Waals surface area contributed by atoms with E-state index in [2.05, 4.69) is 29.2 Å². The van der Waals surface area contributed by atoms with Crippen molar-refractivity contribution in [2.75, 3.05) is 40.4 Å². The zero-order chi connectivity index (χ0) is 18.9. The molecular formula is C19H29N3O4. The Labute approximate surface area is 155 Å². The lowest BCUT2D eigenvalue weighted by molar-refractivity contribution is -0.131. The van der Waals surface area contributed by atoms with E-state index in [1.807, 2.05) is 18.2 Å². The minimum Gasteiger partial charge on any atom is -0.497 e. The zero-order valence-corrected chi connectivity index (χ0v) is 16.1. The van der Waals surface area contributed by atoms with Crippen molar-refractivity contribution >= 4 is 11.6 Å². The van der Waals surface area contributed by atoms with Crippen molar-refractivity contribution in [3.63, 3.8) is 0 Å². The second kappa shape index (κ2) is 10.0. The Hall–Kier alpha value is -2.28.